The number of nitrogens with zero attached hydrogens (tertiary/aromatic N) is 3. The molecule has 0 saturated heterocycles. The molecule has 0 spiro atoms. The van der Waals surface area contributed by atoms with Crippen LogP contribution < -0.4 is 0 Å². The van der Waals surface area contributed by atoms with Crippen molar-refractivity contribution < 1.29 is 4.42 Å². The average Bonchev–Trinajstić information content (AvgIpc) is 3.67. The summed E-state index contributed by atoms with van der Waals surface area (Å²) < 4.78 is 6.61. The van der Waals surface area contributed by atoms with Crippen LogP contribution in [-0.4, -0.2) is 15.0 Å². The van der Waals surface area contributed by atoms with E-state index in [9.17, 15) is 0 Å². The highest BCUT2D eigenvalue weighted by atomic mass is 16.3. The van der Waals surface area contributed by atoms with E-state index in [0.29, 0.717) is 17.5 Å². The van der Waals surface area contributed by atoms with Gasteiger partial charge in [-0.05, 0) is 105 Å². The summed E-state index contributed by atoms with van der Waals surface area (Å²) in [5.41, 5.74) is 13.4. The van der Waals surface area contributed by atoms with Crippen LogP contribution in [0.25, 0.3) is 83.8 Å². The number of aryl methyl sites for hydroxylation is 1. The summed E-state index contributed by atoms with van der Waals surface area (Å²) in [4.78, 5) is 15.7. The monoisotopic (exact) mass is 731 g/mol. The molecular formula is C53H37N3O. The number of hydrogen-bond acceptors (Lipinski definition) is 4. The Balaban J connectivity index is 1.02. The maximum Gasteiger partial charge on any atom is 0.164 e. The quantitative estimate of drug-likeness (QED) is 0.171. The van der Waals surface area contributed by atoms with Gasteiger partial charge in [-0.15, -0.1) is 0 Å². The smallest absolute Gasteiger partial charge is 0.164 e. The molecule has 0 bridgehead atoms. The molecule has 2 heterocycles. The van der Waals surface area contributed by atoms with E-state index in [1.54, 1.807) is 0 Å². The van der Waals surface area contributed by atoms with Crippen LogP contribution in [-0.2, 0) is 6.42 Å². The van der Waals surface area contributed by atoms with Crippen molar-refractivity contribution in [3.63, 3.8) is 0 Å². The number of rotatable bonds is 6. The van der Waals surface area contributed by atoms with Crippen molar-refractivity contribution in [2.24, 2.45) is 0 Å². The van der Waals surface area contributed by atoms with Gasteiger partial charge in [-0.25, -0.2) is 15.0 Å². The summed E-state index contributed by atoms with van der Waals surface area (Å²) in [6.45, 7) is 0. The lowest BCUT2D eigenvalue weighted by Gasteiger charge is -2.17. The Hall–Kier alpha value is -7.17. The van der Waals surface area contributed by atoms with Crippen LogP contribution in [0.3, 0.4) is 0 Å². The second kappa shape index (κ2) is 13.8. The fourth-order valence-corrected chi connectivity index (χ4v) is 8.54. The molecule has 0 fully saturated rings. The van der Waals surface area contributed by atoms with Gasteiger partial charge in [0.05, 0.1) is 0 Å². The molecule has 1 unspecified atom stereocenters. The normalized spacial score (nSPS) is 15.1. The molecule has 0 amide bonds. The van der Waals surface area contributed by atoms with Gasteiger partial charge in [-0.2, -0.15) is 0 Å². The standard InChI is InChI=1S/C53H37N3O/c1-3-10-34(11-4-1)37-18-20-38(21-19-37)42-28-29-46-49(33-42)57-48-17-9-16-47(50(46)48)53-55-51(43-26-23-36-14-7-8-15-40(36)30-43)54-52(56-53)44-27-24-39-22-25-41(31-45(39)32-44)35-12-5-2-6-13-35/h1-20,22,24-25,27-33,38H,21,23,26H2. The van der Waals surface area contributed by atoms with Crippen molar-refractivity contribution >= 4 is 49.9 Å². The Morgan fingerprint density at radius 3 is 2.12 bits per heavy atom. The molecule has 4 heteroatoms. The Labute approximate surface area is 331 Å². The van der Waals surface area contributed by atoms with Crippen LogP contribution >= 0.6 is 0 Å². The van der Waals surface area contributed by atoms with E-state index in [1.165, 1.54) is 44.3 Å². The van der Waals surface area contributed by atoms with E-state index in [2.05, 4.69) is 170 Å². The molecule has 2 aromatic heterocycles. The van der Waals surface area contributed by atoms with Crippen LogP contribution in [0.5, 0.6) is 0 Å². The first-order chi connectivity index (χ1) is 28.2. The first kappa shape index (κ1) is 33.2. The molecule has 0 aliphatic heterocycles. The van der Waals surface area contributed by atoms with Gasteiger partial charge in [0.1, 0.15) is 11.2 Å². The molecule has 270 valence electrons. The van der Waals surface area contributed by atoms with E-state index in [4.69, 9.17) is 19.4 Å². The average molecular weight is 732 g/mol. The van der Waals surface area contributed by atoms with Gasteiger partial charge >= 0.3 is 0 Å². The largest absolute Gasteiger partial charge is 0.456 e. The Kier molecular flexibility index (Phi) is 8.06. The molecule has 4 nitrogen and oxygen atoms in total. The van der Waals surface area contributed by atoms with Crippen molar-refractivity contribution in [2.75, 3.05) is 0 Å². The molecule has 0 saturated carbocycles. The number of aromatic nitrogens is 3. The molecule has 2 aliphatic rings. The number of hydrogen-bond donors (Lipinski definition) is 0. The van der Waals surface area contributed by atoms with Gasteiger partial charge in [0.2, 0.25) is 0 Å². The summed E-state index contributed by atoms with van der Waals surface area (Å²) in [5.74, 6) is 2.28. The van der Waals surface area contributed by atoms with Crippen molar-refractivity contribution in [2.45, 2.75) is 25.2 Å². The number of allylic oxidation sites excluding steroid dienone is 5. The second-order valence-corrected chi connectivity index (χ2v) is 15.1. The highest BCUT2D eigenvalue weighted by Gasteiger charge is 2.22. The van der Waals surface area contributed by atoms with Crippen molar-refractivity contribution in [3.05, 3.63) is 204 Å². The van der Waals surface area contributed by atoms with Gasteiger partial charge in [-0.3, -0.25) is 0 Å². The van der Waals surface area contributed by atoms with Crippen LogP contribution in [0, 0.1) is 0 Å². The minimum absolute atomic E-state index is 0.280. The van der Waals surface area contributed by atoms with Gasteiger partial charge < -0.3 is 4.42 Å². The molecule has 7 aromatic carbocycles. The van der Waals surface area contributed by atoms with E-state index in [0.717, 1.165) is 63.3 Å². The predicted octanol–water partition coefficient (Wildman–Crippen LogP) is 13.5. The maximum atomic E-state index is 6.61. The lowest BCUT2D eigenvalue weighted by atomic mass is 9.88. The topological polar surface area (TPSA) is 51.8 Å². The highest BCUT2D eigenvalue weighted by Crippen LogP contribution is 2.40. The second-order valence-electron chi connectivity index (χ2n) is 15.1. The zero-order chi connectivity index (χ0) is 37.7. The fourth-order valence-electron chi connectivity index (χ4n) is 8.54. The SMILES string of the molecule is C1=CC(c2ccc3c(c2)oc2cccc(-c4nc(C5=Cc6ccccc6CC5)nc(-c5ccc6ccc(-c7ccccc7)cc6c5)n4)c23)CC=C1c1ccccc1. The molecule has 2 aliphatic carbocycles. The first-order valence-corrected chi connectivity index (χ1v) is 19.7. The van der Waals surface area contributed by atoms with E-state index < -0.39 is 0 Å². The highest BCUT2D eigenvalue weighted by molar-refractivity contribution is 6.12. The molecule has 11 rings (SSSR count). The van der Waals surface area contributed by atoms with Crippen molar-refractivity contribution in [3.8, 4) is 33.9 Å². The molecule has 1 atom stereocenters. The van der Waals surface area contributed by atoms with Crippen molar-refractivity contribution in [1.82, 2.24) is 15.0 Å². The molecule has 0 radical (unpaired) electrons. The summed E-state index contributed by atoms with van der Waals surface area (Å²) in [7, 11) is 0. The zero-order valence-electron chi connectivity index (χ0n) is 31.3. The third-order valence-corrected chi connectivity index (χ3v) is 11.6. The van der Waals surface area contributed by atoms with E-state index >= 15 is 0 Å². The maximum absolute atomic E-state index is 6.61. The fraction of sp³-hybridized carbons (Fsp3) is 0.0755. The number of fused-ring (bicyclic) bond motifs is 5. The van der Waals surface area contributed by atoms with E-state index in [-0.39, 0.29) is 5.92 Å². The zero-order valence-corrected chi connectivity index (χ0v) is 31.3. The van der Waals surface area contributed by atoms with Gasteiger partial charge in [-0.1, -0.05) is 152 Å². The third kappa shape index (κ3) is 6.16. The molecular weight excluding hydrogens is 695 g/mol. The minimum Gasteiger partial charge on any atom is -0.456 e. The van der Waals surface area contributed by atoms with Gasteiger partial charge in [0.25, 0.3) is 0 Å². The Morgan fingerprint density at radius 1 is 0.526 bits per heavy atom. The first-order valence-electron chi connectivity index (χ1n) is 19.7. The van der Waals surface area contributed by atoms with Crippen LogP contribution in [0.1, 0.15) is 46.8 Å². The lowest BCUT2D eigenvalue weighted by Crippen LogP contribution is -2.06. The van der Waals surface area contributed by atoms with E-state index in [1.807, 2.05) is 12.1 Å². The number of benzene rings is 7. The predicted molar refractivity (Wildman–Crippen MR) is 234 cm³/mol. The lowest BCUT2D eigenvalue weighted by molar-refractivity contribution is 0.667. The molecule has 0 N–H and O–H groups in total. The van der Waals surface area contributed by atoms with Crippen LogP contribution in [0.4, 0.5) is 0 Å². The Bertz CT molecular complexity index is 3100. The molecule has 57 heavy (non-hydrogen) atoms. The number of furan rings is 1. The summed E-state index contributed by atoms with van der Waals surface area (Å²) in [6, 6.07) is 55.7. The van der Waals surface area contributed by atoms with Gasteiger partial charge in [0.15, 0.2) is 17.5 Å². The summed E-state index contributed by atoms with van der Waals surface area (Å²) >= 11 is 0. The van der Waals surface area contributed by atoms with Crippen molar-refractivity contribution in [1.29, 1.82) is 0 Å². The summed E-state index contributed by atoms with van der Waals surface area (Å²) in [6.07, 6.45) is 11.9. The van der Waals surface area contributed by atoms with Crippen LogP contribution in [0.2, 0.25) is 0 Å². The van der Waals surface area contributed by atoms with Crippen LogP contribution in [0.15, 0.2) is 180 Å². The third-order valence-electron chi connectivity index (χ3n) is 11.6. The minimum atomic E-state index is 0.280. The van der Waals surface area contributed by atoms with Gasteiger partial charge in [0, 0.05) is 27.8 Å². The Morgan fingerprint density at radius 2 is 1.28 bits per heavy atom. The molecule has 9 aromatic rings. The summed E-state index contributed by atoms with van der Waals surface area (Å²) in [5, 5.41) is 4.38.